The quantitative estimate of drug-likeness (QED) is 0.914. The van der Waals surface area contributed by atoms with Gasteiger partial charge in [-0.3, -0.25) is 4.90 Å². The fourth-order valence-electron chi connectivity index (χ4n) is 3.42. The van der Waals surface area contributed by atoms with Gasteiger partial charge in [0.05, 0.1) is 0 Å². The molecule has 2 aliphatic heterocycles. The van der Waals surface area contributed by atoms with Gasteiger partial charge in [-0.2, -0.15) is 0 Å². The van der Waals surface area contributed by atoms with E-state index in [9.17, 15) is 0 Å². The second kappa shape index (κ2) is 6.97. The first kappa shape index (κ1) is 16.6. The Balaban J connectivity index is 0.00000161. The monoisotopic (exact) mass is 310 g/mol. The lowest BCUT2D eigenvalue weighted by atomic mass is 10.0. The zero-order chi connectivity index (χ0) is 14.1. The molecule has 0 saturated carbocycles. The minimum Gasteiger partial charge on any atom is -0.374 e. The molecule has 0 spiro atoms. The Labute approximate surface area is 134 Å². The van der Waals surface area contributed by atoms with Crippen LogP contribution >= 0.6 is 12.4 Å². The second-order valence-electron chi connectivity index (χ2n) is 6.15. The molecular weight excluding hydrogens is 284 g/mol. The van der Waals surface area contributed by atoms with Crippen molar-refractivity contribution in [1.29, 1.82) is 0 Å². The molecule has 3 rings (SSSR count). The Hall–Kier alpha value is -0.810. The Morgan fingerprint density at radius 3 is 2.48 bits per heavy atom. The third kappa shape index (κ3) is 3.34. The molecule has 2 N–H and O–H groups in total. The Kier molecular flexibility index (Phi) is 5.49. The Morgan fingerprint density at radius 2 is 1.81 bits per heavy atom. The lowest BCUT2D eigenvalue weighted by Crippen LogP contribution is -2.47. The summed E-state index contributed by atoms with van der Waals surface area (Å²) < 4.78 is 0. The van der Waals surface area contributed by atoms with Crippen LogP contribution in [0.25, 0.3) is 0 Å². The van der Waals surface area contributed by atoms with Crippen LogP contribution in [0.2, 0.25) is 0 Å². The predicted molar refractivity (Wildman–Crippen MR) is 91.5 cm³/mol. The lowest BCUT2D eigenvalue weighted by Gasteiger charge is -2.37. The van der Waals surface area contributed by atoms with Crippen molar-refractivity contribution >= 4 is 18.1 Å². The van der Waals surface area contributed by atoms with Gasteiger partial charge < -0.3 is 15.5 Å². The van der Waals surface area contributed by atoms with Crippen molar-refractivity contribution in [1.82, 2.24) is 9.80 Å². The van der Waals surface area contributed by atoms with Crippen LogP contribution in [-0.4, -0.2) is 63.2 Å². The van der Waals surface area contributed by atoms with Crippen molar-refractivity contribution in [3.8, 4) is 0 Å². The molecule has 1 saturated heterocycles. The fourth-order valence-corrected chi connectivity index (χ4v) is 3.42. The number of halogens is 1. The SMILES string of the molecule is CN1CCN(C(CN)c2ccc3c(c2)CCN3C)CC1.Cl. The van der Waals surface area contributed by atoms with Crippen LogP contribution in [0.1, 0.15) is 17.2 Å². The van der Waals surface area contributed by atoms with Crippen LogP contribution < -0.4 is 10.6 Å². The molecular formula is C16H27ClN4. The minimum absolute atomic E-state index is 0. The smallest absolute Gasteiger partial charge is 0.0471 e. The number of likely N-dealkylation sites (N-methyl/N-ethyl adjacent to an activating group) is 2. The van der Waals surface area contributed by atoms with Crippen LogP contribution in [-0.2, 0) is 6.42 Å². The van der Waals surface area contributed by atoms with Gasteiger partial charge in [0, 0.05) is 58.0 Å². The molecule has 0 amide bonds. The highest BCUT2D eigenvalue weighted by molar-refractivity contribution is 5.85. The Morgan fingerprint density at radius 1 is 1.10 bits per heavy atom. The summed E-state index contributed by atoms with van der Waals surface area (Å²) in [4.78, 5) is 7.27. The largest absolute Gasteiger partial charge is 0.374 e. The number of hydrogen-bond donors (Lipinski definition) is 1. The zero-order valence-corrected chi connectivity index (χ0v) is 13.9. The van der Waals surface area contributed by atoms with Gasteiger partial charge in [0.25, 0.3) is 0 Å². The number of nitrogens with two attached hydrogens (primary N) is 1. The fraction of sp³-hybridized carbons (Fsp3) is 0.625. The van der Waals surface area contributed by atoms with Gasteiger partial charge in [0.15, 0.2) is 0 Å². The summed E-state index contributed by atoms with van der Waals surface area (Å²) in [5.41, 5.74) is 10.3. The number of benzene rings is 1. The Bertz CT molecular complexity index is 471. The topological polar surface area (TPSA) is 35.7 Å². The molecule has 1 aromatic carbocycles. The van der Waals surface area contributed by atoms with E-state index in [1.165, 1.54) is 23.2 Å². The highest BCUT2D eigenvalue weighted by atomic mass is 35.5. The molecule has 1 fully saturated rings. The van der Waals surface area contributed by atoms with E-state index in [1.54, 1.807) is 0 Å². The van der Waals surface area contributed by atoms with E-state index < -0.39 is 0 Å². The lowest BCUT2D eigenvalue weighted by molar-refractivity contribution is 0.114. The van der Waals surface area contributed by atoms with E-state index in [4.69, 9.17) is 5.73 Å². The highest BCUT2D eigenvalue weighted by Crippen LogP contribution is 2.31. The van der Waals surface area contributed by atoms with Gasteiger partial charge in [-0.25, -0.2) is 0 Å². The molecule has 0 bridgehead atoms. The minimum atomic E-state index is 0. The van der Waals surface area contributed by atoms with Gasteiger partial charge in [-0.15, -0.1) is 12.4 Å². The summed E-state index contributed by atoms with van der Waals surface area (Å²) in [6.07, 6.45) is 1.17. The standard InChI is InChI=1S/C16H26N4.ClH/c1-18-7-9-20(10-8-18)16(12-17)13-3-4-15-14(11-13)5-6-19(15)2;/h3-4,11,16H,5-10,12,17H2,1-2H3;1H. The van der Waals surface area contributed by atoms with Crippen molar-refractivity contribution < 1.29 is 0 Å². The van der Waals surface area contributed by atoms with Crippen LogP contribution in [0.5, 0.6) is 0 Å². The summed E-state index contributed by atoms with van der Waals surface area (Å²) in [7, 11) is 4.37. The van der Waals surface area contributed by atoms with Crippen molar-refractivity contribution in [2.24, 2.45) is 5.73 Å². The molecule has 0 aliphatic carbocycles. The van der Waals surface area contributed by atoms with E-state index in [2.05, 4.69) is 47.0 Å². The van der Waals surface area contributed by atoms with Crippen LogP contribution in [0, 0.1) is 0 Å². The summed E-state index contributed by atoms with van der Waals surface area (Å²) in [5, 5.41) is 0. The molecule has 0 aromatic heterocycles. The second-order valence-corrected chi connectivity index (χ2v) is 6.15. The van der Waals surface area contributed by atoms with Gasteiger partial charge in [-0.1, -0.05) is 12.1 Å². The predicted octanol–water partition coefficient (Wildman–Crippen LogP) is 1.35. The van der Waals surface area contributed by atoms with Crippen molar-refractivity contribution in [2.45, 2.75) is 12.5 Å². The molecule has 21 heavy (non-hydrogen) atoms. The van der Waals surface area contributed by atoms with E-state index >= 15 is 0 Å². The molecule has 1 unspecified atom stereocenters. The van der Waals surface area contributed by atoms with Crippen molar-refractivity contribution in [2.75, 3.05) is 58.3 Å². The summed E-state index contributed by atoms with van der Waals surface area (Å²) in [6, 6.07) is 7.31. The molecule has 2 heterocycles. The molecule has 5 heteroatoms. The molecule has 1 aromatic rings. The highest BCUT2D eigenvalue weighted by Gasteiger charge is 2.24. The van der Waals surface area contributed by atoms with E-state index in [-0.39, 0.29) is 12.4 Å². The van der Waals surface area contributed by atoms with Crippen LogP contribution in [0.15, 0.2) is 18.2 Å². The first-order valence-corrected chi connectivity index (χ1v) is 7.65. The normalized spacial score (nSPS) is 21.0. The molecule has 2 aliphatic rings. The third-order valence-electron chi connectivity index (χ3n) is 4.82. The summed E-state index contributed by atoms with van der Waals surface area (Å²) in [6.45, 7) is 6.37. The number of hydrogen-bond acceptors (Lipinski definition) is 4. The maximum Gasteiger partial charge on any atom is 0.0471 e. The molecule has 118 valence electrons. The van der Waals surface area contributed by atoms with Gasteiger partial charge in [0.1, 0.15) is 0 Å². The van der Waals surface area contributed by atoms with Gasteiger partial charge in [-0.05, 0) is 30.7 Å². The average molecular weight is 311 g/mol. The van der Waals surface area contributed by atoms with Crippen molar-refractivity contribution in [3.05, 3.63) is 29.3 Å². The van der Waals surface area contributed by atoms with E-state index in [0.717, 1.165) is 32.7 Å². The van der Waals surface area contributed by atoms with Crippen LogP contribution in [0.3, 0.4) is 0 Å². The number of rotatable bonds is 3. The number of fused-ring (bicyclic) bond motifs is 1. The summed E-state index contributed by atoms with van der Waals surface area (Å²) in [5.74, 6) is 0. The number of anilines is 1. The number of piperazine rings is 1. The first-order chi connectivity index (χ1) is 9.69. The number of nitrogens with zero attached hydrogens (tertiary/aromatic N) is 3. The molecule has 4 nitrogen and oxygen atoms in total. The average Bonchev–Trinajstić information content (AvgIpc) is 2.83. The maximum atomic E-state index is 6.08. The van der Waals surface area contributed by atoms with E-state index in [0.29, 0.717) is 12.6 Å². The first-order valence-electron chi connectivity index (χ1n) is 7.65. The van der Waals surface area contributed by atoms with Gasteiger partial charge >= 0.3 is 0 Å². The molecule has 1 atom stereocenters. The van der Waals surface area contributed by atoms with Gasteiger partial charge in [0.2, 0.25) is 0 Å². The summed E-state index contributed by atoms with van der Waals surface area (Å²) >= 11 is 0. The van der Waals surface area contributed by atoms with Crippen LogP contribution in [0.4, 0.5) is 5.69 Å². The zero-order valence-electron chi connectivity index (χ0n) is 13.1. The maximum absolute atomic E-state index is 6.08. The molecule has 0 radical (unpaired) electrons. The third-order valence-corrected chi connectivity index (χ3v) is 4.82. The van der Waals surface area contributed by atoms with Crippen molar-refractivity contribution in [3.63, 3.8) is 0 Å². The van der Waals surface area contributed by atoms with E-state index in [1.807, 2.05) is 0 Å².